The van der Waals surface area contributed by atoms with Crippen LogP contribution in [0, 0.1) is 0 Å². The molecule has 0 spiro atoms. The molecule has 1 aromatic carbocycles. The van der Waals surface area contributed by atoms with E-state index in [1.165, 1.54) is 12.4 Å². The lowest BCUT2D eigenvalue weighted by atomic mass is 9.96. The van der Waals surface area contributed by atoms with Gasteiger partial charge in [0.25, 0.3) is 0 Å². The van der Waals surface area contributed by atoms with Crippen LogP contribution in [0.3, 0.4) is 0 Å². The zero-order chi connectivity index (χ0) is 19.3. The van der Waals surface area contributed by atoms with Crippen LogP contribution in [0.25, 0.3) is 0 Å². The van der Waals surface area contributed by atoms with E-state index in [9.17, 15) is 13.2 Å². The van der Waals surface area contributed by atoms with Crippen LogP contribution in [0.5, 0.6) is 0 Å². The zero-order valence-electron chi connectivity index (χ0n) is 14.6. The number of nitrogens with zero attached hydrogens (tertiary/aromatic N) is 1. The molecular formula is C18H21ClN4O3S. The normalized spacial score (nSPS) is 15.1. The van der Waals surface area contributed by atoms with Crippen molar-refractivity contribution in [1.82, 2.24) is 10.3 Å². The molecule has 9 heteroatoms. The molecule has 0 unspecified atom stereocenters. The lowest BCUT2D eigenvalue weighted by Crippen LogP contribution is -2.41. The van der Waals surface area contributed by atoms with Crippen LogP contribution >= 0.6 is 11.6 Å². The molecule has 0 saturated heterocycles. The van der Waals surface area contributed by atoms with Crippen molar-refractivity contribution in [2.24, 2.45) is 0 Å². The first-order valence-electron chi connectivity index (χ1n) is 8.74. The minimum absolute atomic E-state index is 0.0965. The molecule has 1 aliphatic rings. The van der Waals surface area contributed by atoms with E-state index in [4.69, 9.17) is 11.6 Å². The van der Waals surface area contributed by atoms with Crippen LogP contribution in [-0.4, -0.2) is 24.7 Å². The molecule has 1 heterocycles. The topological polar surface area (TPSA) is 100 Å². The molecule has 0 bridgehead atoms. The first-order valence-corrected chi connectivity index (χ1v) is 10.6. The Kier molecular flexibility index (Phi) is 6.18. The van der Waals surface area contributed by atoms with Crippen molar-refractivity contribution in [1.29, 1.82) is 0 Å². The summed E-state index contributed by atoms with van der Waals surface area (Å²) in [5.41, 5.74) is 1.32. The number of hydrogen-bond donors (Lipinski definition) is 3. The fourth-order valence-electron chi connectivity index (χ4n) is 2.99. The van der Waals surface area contributed by atoms with Crippen molar-refractivity contribution in [2.45, 2.75) is 38.1 Å². The van der Waals surface area contributed by atoms with Crippen LogP contribution in [0.15, 0.2) is 42.7 Å². The van der Waals surface area contributed by atoms with E-state index in [1.54, 1.807) is 30.3 Å². The SMILES string of the molecule is O=C(NC1CCCCC1)S(=O)(=O)Nc1cnccc1Nc1cccc(Cl)c1. The van der Waals surface area contributed by atoms with Gasteiger partial charge in [-0.25, -0.2) is 0 Å². The molecule has 1 amide bonds. The van der Waals surface area contributed by atoms with Gasteiger partial charge in [0, 0.05) is 22.9 Å². The summed E-state index contributed by atoms with van der Waals surface area (Å²) in [5, 5.41) is 5.20. The molecule has 1 fully saturated rings. The molecule has 7 nitrogen and oxygen atoms in total. The fraction of sp³-hybridized carbons (Fsp3) is 0.333. The molecule has 0 radical (unpaired) electrons. The number of benzene rings is 1. The average Bonchev–Trinajstić information content (AvgIpc) is 2.64. The van der Waals surface area contributed by atoms with Crippen LogP contribution in [0.2, 0.25) is 5.02 Å². The molecule has 0 atom stereocenters. The van der Waals surface area contributed by atoms with Crippen molar-refractivity contribution in [3.8, 4) is 0 Å². The number of carbonyl (C=O) groups is 1. The number of pyridine rings is 1. The second-order valence-corrected chi connectivity index (χ2v) is 8.45. The van der Waals surface area contributed by atoms with Gasteiger partial charge in [-0.3, -0.25) is 14.5 Å². The van der Waals surface area contributed by atoms with Crippen molar-refractivity contribution < 1.29 is 13.2 Å². The van der Waals surface area contributed by atoms with Gasteiger partial charge in [0.05, 0.1) is 17.6 Å². The summed E-state index contributed by atoms with van der Waals surface area (Å²) in [7, 11) is -4.24. The first kappa shape index (κ1) is 19.4. The maximum Gasteiger partial charge on any atom is 0.357 e. The number of aromatic nitrogens is 1. The number of amides is 1. The second-order valence-electron chi connectivity index (χ2n) is 6.43. The van der Waals surface area contributed by atoms with Gasteiger partial charge in [0.15, 0.2) is 0 Å². The third-order valence-electron chi connectivity index (χ3n) is 4.34. The summed E-state index contributed by atoms with van der Waals surface area (Å²) in [6.07, 6.45) is 7.57. The van der Waals surface area contributed by atoms with Crippen LogP contribution in [-0.2, 0) is 10.0 Å². The Bertz CT molecular complexity index is 914. The van der Waals surface area contributed by atoms with Gasteiger partial charge < -0.3 is 10.6 Å². The van der Waals surface area contributed by atoms with Gasteiger partial charge in [-0.2, -0.15) is 8.42 Å². The summed E-state index contributed by atoms with van der Waals surface area (Å²) >= 11 is 5.97. The summed E-state index contributed by atoms with van der Waals surface area (Å²) in [5.74, 6) is 0. The van der Waals surface area contributed by atoms with Gasteiger partial charge in [-0.1, -0.05) is 36.9 Å². The Morgan fingerprint density at radius 3 is 2.63 bits per heavy atom. The Morgan fingerprint density at radius 2 is 1.89 bits per heavy atom. The molecule has 1 aliphatic carbocycles. The Morgan fingerprint density at radius 1 is 1.11 bits per heavy atom. The molecule has 1 saturated carbocycles. The summed E-state index contributed by atoms with van der Waals surface area (Å²) in [6, 6.07) is 8.51. The molecular weight excluding hydrogens is 388 g/mol. The summed E-state index contributed by atoms with van der Waals surface area (Å²) in [4.78, 5) is 16.2. The van der Waals surface area contributed by atoms with Gasteiger partial charge >= 0.3 is 15.3 Å². The lowest BCUT2D eigenvalue weighted by Gasteiger charge is -2.22. The highest BCUT2D eigenvalue weighted by molar-refractivity contribution is 8.07. The number of halogens is 1. The molecule has 144 valence electrons. The maximum absolute atomic E-state index is 12.4. The molecule has 3 N–H and O–H groups in total. The van der Waals surface area contributed by atoms with Gasteiger partial charge in [0.1, 0.15) is 0 Å². The predicted molar refractivity (Wildman–Crippen MR) is 107 cm³/mol. The van der Waals surface area contributed by atoms with E-state index in [0.29, 0.717) is 16.4 Å². The Balaban J connectivity index is 1.73. The third-order valence-corrected chi connectivity index (χ3v) is 5.67. The van der Waals surface area contributed by atoms with Crippen molar-refractivity contribution in [3.05, 3.63) is 47.7 Å². The second kappa shape index (κ2) is 8.58. The Hall–Kier alpha value is -2.32. The largest absolute Gasteiger partial charge is 0.357 e. The van der Waals surface area contributed by atoms with Gasteiger partial charge in [0.2, 0.25) is 0 Å². The average molecular weight is 409 g/mol. The van der Waals surface area contributed by atoms with Crippen molar-refractivity contribution >= 4 is 43.9 Å². The van der Waals surface area contributed by atoms with E-state index in [-0.39, 0.29) is 11.7 Å². The van der Waals surface area contributed by atoms with Crippen molar-refractivity contribution in [3.63, 3.8) is 0 Å². The fourth-order valence-corrected chi connectivity index (χ4v) is 4.05. The smallest absolute Gasteiger partial charge is 0.354 e. The van der Waals surface area contributed by atoms with Crippen LogP contribution in [0.4, 0.5) is 21.9 Å². The minimum atomic E-state index is -4.24. The molecule has 1 aromatic heterocycles. The minimum Gasteiger partial charge on any atom is -0.354 e. The van der Waals surface area contributed by atoms with Crippen LogP contribution in [0.1, 0.15) is 32.1 Å². The number of nitrogens with one attached hydrogen (secondary N) is 3. The number of rotatable bonds is 5. The number of hydrogen-bond acceptors (Lipinski definition) is 5. The number of anilines is 3. The van der Waals surface area contributed by atoms with Crippen LogP contribution < -0.4 is 15.4 Å². The molecule has 2 aromatic rings. The van der Waals surface area contributed by atoms with Gasteiger partial charge in [-0.05, 0) is 37.1 Å². The monoisotopic (exact) mass is 408 g/mol. The highest BCUT2D eigenvalue weighted by Crippen LogP contribution is 2.27. The van der Waals surface area contributed by atoms with Crippen molar-refractivity contribution in [2.75, 3.05) is 10.0 Å². The summed E-state index contributed by atoms with van der Waals surface area (Å²) < 4.78 is 27.2. The third kappa shape index (κ3) is 5.33. The van der Waals surface area contributed by atoms with E-state index < -0.39 is 15.3 Å². The molecule has 0 aliphatic heterocycles. The van der Waals surface area contributed by atoms with E-state index in [1.807, 2.05) is 0 Å². The number of carbonyl (C=O) groups excluding carboxylic acids is 1. The highest BCUT2D eigenvalue weighted by atomic mass is 35.5. The standard InChI is InChI=1S/C18H21ClN4O3S/c19-13-5-4-8-15(11-13)21-16-9-10-20-12-17(16)23-27(25,26)18(24)22-14-6-2-1-3-7-14/h4-5,8-12,14,23H,1-3,6-7H2,(H,20,21)(H,22,24). The van der Waals surface area contributed by atoms with E-state index >= 15 is 0 Å². The quantitative estimate of drug-likeness (QED) is 0.686. The predicted octanol–water partition coefficient (Wildman–Crippen LogP) is 4.26. The Labute approximate surface area is 163 Å². The molecule has 27 heavy (non-hydrogen) atoms. The number of sulfonamides is 1. The van der Waals surface area contributed by atoms with Gasteiger partial charge in [-0.15, -0.1) is 0 Å². The first-order chi connectivity index (χ1) is 12.9. The lowest BCUT2D eigenvalue weighted by molar-refractivity contribution is 0.251. The highest BCUT2D eigenvalue weighted by Gasteiger charge is 2.26. The zero-order valence-corrected chi connectivity index (χ0v) is 16.2. The molecule has 3 rings (SSSR count). The van der Waals surface area contributed by atoms with E-state index in [2.05, 4.69) is 20.3 Å². The maximum atomic E-state index is 12.4. The summed E-state index contributed by atoms with van der Waals surface area (Å²) in [6.45, 7) is 0. The van der Waals surface area contributed by atoms with E-state index in [0.717, 1.165) is 32.1 Å².